The van der Waals surface area contributed by atoms with Gasteiger partial charge in [0.2, 0.25) is 0 Å². The van der Waals surface area contributed by atoms with Gasteiger partial charge in [0.1, 0.15) is 0 Å². The lowest BCUT2D eigenvalue weighted by atomic mass is 10.0. The molecule has 1 saturated heterocycles. The predicted molar refractivity (Wildman–Crippen MR) is 138 cm³/mol. The summed E-state index contributed by atoms with van der Waals surface area (Å²) in [6, 6.07) is 13.7. The second kappa shape index (κ2) is 9.58. The summed E-state index contributed by atoms with van der Waals surface area (Å²) in [5, 5.41) is 8.90. The van der Waals surface area contributed by atoms with E-state index in [-0.39, 0.29) is 11.9 Å². The van der Waals surface area contributed by atoms with Crippen molar-refractivity contribution in [3.05, 3.63) is 59.3 Å². The summed E-state index contributed by atoms with van der Waals surface area (Å²) in [5.41, 5.74) is 4.58. The Morgan fingerprint density at radius 3 is 2.57 bits per heavy atom. The summed E-state index contributed by atoms with van der Waals surface area (Å²) >= 11 is 1.68. The number of nitrogens with one attached hydrogen (secondary N) is 1. The first-order valence-electron chi connectivity index (χ1n) is 11.7. The van der Waals surface area contributed by atoms with Gasteiger partial charge in [-0.05, 0) is 56.5 Å². The lowest BCUT2D eigenvalue weighted by Gasteiger charge is -2.32. The summed E-state index contributed by atoms with van der Waals surface area (Å²) in [6.45, 7) is 5.77. The molecule has 0 spiro atoms. The van der Waals surface area contributed by atoms with Crippen molar-refractivity contribution < 1.29 is 14.3 Å². The van der Waals surface area contributed by atoms with Crippen molar-refractivity contribution in [1.82, 2.24) is 20.1 Å². The Bertz CT molecular complexity index is 1370. The predicted octanol–water partition coefficient (Wildman–Crippen LogP) is 4.51. The smallest absolute Gasteiger partial charge is 0.255 e. The molecule has 35 heavy (non-hydrogen) atoms. The lowest BCUT2D eigenvalue weighted by molar-refractivity contribution is 0.0927. The van der Waals surface area contributed by atoms with Gasteiger partial charge in [-0.1, -0.05) is 29.5 Å². The number of piperidine rings is 1. The number of carbonyl (C=O) groups is 1. The number of hydrogen-bond acceptors (Lipinski definition) is 7. The molecule has 0 unspecified atom stereocenters. The summed E-state index contributed by atoms with van der Waals surface area (Å²) < 4.78 is 13.8. The molecular weight excluding hydrogens is 462 g/mol. The van der Waals surface area contributed by atoms with Gasteiger partial charge >= 0.3 is 0 Å². The molecule has 0 radical (unpaired) electrons. The number of ether oxygens (including phenoxy) is 2. The van der Waals surface area contributed by atoms with E-state index in [1.165, 1.54) is 5.56 Å². The maximum Gasteiger partial charge on any atom is 0.255 e. The van der Waals surface area contributed by atoms with Gasteiger partial charge in [-0.15, -0.1) is 0 Å². The van der Waals surface area contributed by atoms with Gasteiger partial charge in [-0.25, -0.2) is 4.68 Å². The van der Waals surface area contributed by atoms with Crippen LogP contribution in [0.5, 0.6) is 11.5 Å². The van der Waals surface area contributed by atoms with Crippen LogP contribution in [-0.4, -0.2) is 54.0 Å². The van der Waals surface area contributed by atoms with Crippen molar-refractivity contribution in [2.45, 2.75) is 32.7 Å². The molecule has 1 N–H and O–H groups in total. The third-order valence-electron chi connectivity index (χ3n) is 6.37. The Morgan fingerprint density at radius 1 is 1.09 bits per heavy atom. The Balaban J connectivity index is 1.28. The number of thiazole rings is 1. The number of carbonyl (C=O) groups excluding carboxylic acids is 1. The lowest BCUT2D eigenvalue weighted by Crippen LogP contribution is -2.44. The molecule has 0 atom stereocenters. The normalized spacial score (nSPS) is 14.3. The van der Waals surface area contributed by atoms with Crippen LogP contribution in [0.3, 0.4) is 0 Å². The zero-order valence-corrected chi connectivity index (χ0v) is 21.2. The van der Waals surface area contributed by atoms with Crippen molar-refractivity contribution in [2.75, 3.05) is 32.2 Å². The number of para-hydroxylation sites is 1. The third-order valence-corrected chi connectivity index (χ3v) is 7.59. The molecule has 2 aromatic carbocycles. The number of nitrogens with zero attached hydrogens (tertiary/aromatic N) is 4. The fraction of sp³-hybridized carbons (Fsp3) is 0.346. The van der Waals surface area contributed by atoms with Crippen molar-refractivity contribution in [3.8, 4) is 17.2 Å². The summed E-state index contributed by atoms with van der Waals surface area (Å²) in [6.07, 6.45) is 1.69. The molecule has 0 aliphatic carbocycles. The van der Waals surface area contributed by atoms with Crippen molar-refractivity contribution in [1.29, 1.82) is 0 Å². The largest absolute Gasteiger partial charge is 0.493 e. The number of aromatic nitrogens is 3. The summed E-state index contributed by atoms with van der Waals surface area (Å²) in [4.78, 5) is 20.2. The highest BCUT2D eigenvalue weighted by atomic mass is 32.1. The quantitative estimate of drug-likeness (QED) is 0.427. The molecule has 9 heteroatoms. The van der Waals surface area contributed by atoms with E-state index in [1.807, 2.05) is 17.7 Å². The molecule has 4 aromatic rings. The maximum absolute atomic E-state index is 12.9. The number of aryl methyl sites for hydroxylation is 2. The van der Waals surface area contributed by atoms with Crippen molar-refractivity contribution in [2.24, 2.45) is 0 Å². The SMILES string of the molecule is COc1cccc(C(=O)NC2CCN(c3nc4c(s3)c(C)nn4-c3cccc(C)c3)CC2)c1OC. The van der Waals surface area contributed by atoms with Crippen molar-refractivity contribution >= 4 is 32.7 Å². The second-order valence-corrected chi connectivity index (χ2v) is 9.74. The molecule has 2 aromatic heterocycles. The van der Waals surface area contributed by atoms with Gasteiger partial charge in [0.25, 0.3) is 5.91 Å². The summed E-state index contributed by atoms with van der Waals surface area (Å²) in [7, 11) is 3.11. The monoisotopic (exact) mass is 491 g/mol. The average molecular weight is 492 g/mol. The molecule has 182 valence electrons. The van der Waals surface area contributed by atoms with Crippen LogP contribution < -0.4 is 19.7 Å². The first-order chi connectivity index (χ1) is 17.0. The van der Waals surface area contributed by atoms with E-state index in [9.17, 15) is 4.79 Å². The van der Waals surface area contributed by atoms with Crippen LogP contribution in [0, 0.1) is 13.8 Å². The number of hydrogen-bond donors (Lipinski definition) is 1. The highest BCUT2D eigenvalue weighted by Gasteiger charge is 2.26. The molecule has 0 saturated carbocycles. The van der Waals surface area contributed by atoms with Crippen LogP contribution >= 0.6 is 11.3 Å². The van der Waals surface area contributed by atoms with E-state index in [1.54, 1.807) is 43.8 Å². The minimum Gasteiger partial charge on any atom is -0.493 e. The number of rotatable bonds is 6. The fourth-order valence-electron chi connectivity index (χ4n) is 4.54. The highest BCUT2D eigenvalue weighted by Crippen LogP contribution is 2.34. The first-order valence-corrected chi connectivity index (χ1v) is 12.5. The van der Waals surface area contributed by atoms with E-state index in [0.29, 0.717) is 17.1 Å². The fourth-order valence-corrected chi connectivity index (χ4v) is 5.58. The van der Waals surface area contributed by atoms with E-state index >= 15 is 0 Å². The zero-order chi connectivity index (χ0) is 24.5. The van der Waals surface area contributed by atoms with Gasteiger partial charge in [-0.3, -0.25) is 4.79 Å². The molecule has 3 heterocycles. The Kier molecular flexibility index (Phi) is 6.34. The molecule has 1 amide bonds. The number of fused-ring (bicyclic) bond motifs is 1. The standard InChI is InChI=1S/C26H29N5O3S/c1-16-7-5-8-19(15-16)31-24-23(17(2)29-31)35-26(28-24)30-13-11-18(12-14-30)27-25(32)20-9-6-10-21(33-3)22(20)34-4/h5-10,15,18H,11-14H2,1-4H3,(H,27,32). The maximum atomic E-state index is 12.9. The Labute approximate surface area is 208 Å². The van der Waals surface area contributed by atoms with E-state index in [4.69, 9.17) is 19.6 Å². The molecule has 5 rings (SSSR count). The summed E-state index contributed by atoms with van der Waals surface area (Å²) in [5.74, 6) is 0.857. The minimum atomic E-state index is -0.145. The highest BCUT2D eigenvalue weighted by molar-refractivity contribution is 7.22. The number of amides is 1. The molecule has 1 fully saturated rings. The van der Waals surface area contributed by atoms with Gasteiger partial charge in [0.15, 0.2) is 22.3 Å². The molecule has 8 nitrogen and oxygen atoms in total. The molecule has 0 bridgehead atoms. The zero-order valence-electron chi connectivity index (χ0n) is 20.4. The second-order valence-electron chi connectivity index (χ2n) is 8.76. The molecule has 1 aliphatic heterocycles. The van der Waals surface area contributed by atoms with E-state index in [0.717, 1.165) is 52.8 Å². The van der Waals surface area contributed by atoms with Crippen LogP contribution in [0.2, 0.25) is 0 Å². The van der Waals surface area contributed by atoms with Gasteiger partial charge in [0.05, 0.1) is 35.9 Å². The number of anilines is 1. The van der Waals surface area contributed by atoms with Gasteiger partial charge in [-0.2, -0.15) is 10.1 Å². The number of benzene rings is 2. The average Bonchev–Trinajstić information content (AvgIpc) is 3.44. The van der Waals surface area contributed by atoms with Crippen LogP contribution in [-0.2, 0) is 0 Å². The topological polar surface area (TPSA) is 81.5 Å². The third kappa shape index (κ3) is 4.43. The van der Waals surface area contributed by atoms with Crippen molar-refractivity contribution in [3.63, 3.8) is 0 Å². The Morgan fingerprint density at radius 2 is 1.86 bits per heavy atom. The molecular formula is C26H29N5O3S. The Hall–Kier alpha value is -3.59. The van der Waals surface area contributed by atoms with E-state index < -0.39 is 0 Å². The minimum absolute atomic E-state index is 0.0913. The number of methoxy groups -OCH3 is 2. The van der Waals surface area contributed by atoms with Gasteiger partial charge < -0.3 is 19.7 Å². The van der Waals surface area contributed by atoms with Crippen LogP contribution in [0.1, 0.15) is 34.5 Å². The van der Waals surface area contributed by atoms with Crippen LogP contribution in [0.15, 0.2) is 42.5 Å². The van der Waals surface area contributed by atoms with Crippen LogP contribution in [0.4, 0.5) is 5.13 Å². The molecule has 1 aliphatic rings. The van der Waals surface area contributed by atoms with E-state index in [2.05, 4.69) is 35.3 Å². The van der Waals surface area contributed by atoms with Crippen LogP contribution in [0.25, 0.3) is 16.0 Å². The van der Waals surface area contributed by atoms with Gasteiger partial charge in [0, 0.05) is 19.1 Å². The first kappa shape index (κ1) is 23.2.